The van der Waals surface area contributed by atoms with Gasteiger partial charge in [-0.25, -0.2) is 13.2 Å². The van der Waals surface area contributed by atoms with Crippen LogP contribution in [0.3, 0.4) is 0 Å². The van der Waals surface area contributed by atoms with Gasteiger partial charge in [-0.1, -0.05) is 0 Å². The second-order valence-electron chi connectivity index (χ2n) is 6.81. The van der Waals surface area contributed by atoms with Crippen molar-refractivity contribution in [2.75, 3.05) is 31.2 Å². The molecule has 1 aliphatic rings. The molecule has 1 saturated heterocycles. The molecule has 2 aromatic rings. The summed E-state index contributed by atoms with van der Waals surface area (Å²) in [7, 11) is -3.80. The lowest BCUT2D eigenvalue weighted by molar-refractivity contribution is 0.0474. The van der Waals surface area contributed by atoms with E-state index in [4.69, 9.17) is 4.74 Å². The van der Waals surface area contributed by atoms with Crippen LogP contribution in [-0.2, 0) is 14.8 Å². The Bertz CT molecular complexity index is 1090. The quantitative estimate of drug-likeness (QED) is 0.489. The van der Waals surface area contributed by atoms with E-state index in [2.05, 4.69) is 4.98 Å². The fraction of sp³-hybridized carbons (Fsp3) is 0.421. The van der Waals surface area contributed by atoms with Gasteiger partial charge in [0.15, 0.2) is 12.4 Å². The Kier molecular flexibility index (Phi) is 6.85. The maximum Gasteiger partial charge on any atom is 0.350 e. The zero-order valence-corrected chi connectivity index (χ0v) is 19.3. The van der Waals surface area contributed by atoms with E-state index >= 15 is 0 Å². The number of sulfonamides is 1. The number of Topliss-reactive ketones (excluding diaryl/α,β-unsaturated/α-hetero) is 2. The van der Waals surface area contributed by atoms with Crippen LogP contribution in [0.4, 0.5) is 0 Å². The molecule has 0 spiro atoms. The number of aromatic amines is 1. The van der Waals surface area contributed by atoms with Crippen molar-refractivity contribution in [3.8, 4) is 0 Å². The Labute approximate surface area is 183 Å². The van der Waals surface area contributed by atoms with Gasteiger partial charge in [-0.05, 0) is 37.8 Å². The molecule has 3 rings (SSSR count). The Morgan fingerprint density at radius 2 is 1.87 bits per heavy atom. The number of H-pyrrole nitrogens is 1. The lowest BCUT2D eigenvalue weighted by Gasteiger charge is -2.25. The molecule has 1 fully saturated rings. The number of hydrogen-bond donors (Lipinski definition) is 1. The first-order chi connectivity index (χ1) is 14.1. The molecule has 1 N–H and O–H groups in total. The fourth-order valence-electron chi connectivity index (χ4n) is 3.40. The van der Waals surface area contributed by atoms with E-state index in [9.17, 15) is 22.8 Å². The third-order valence-corrected chi connectivity index (χ3v) is 8.71. The number of nitrogens with zero attached hydrogens (tertiary/aromatic N) is 1. The SMILES string of the molecule is CC(=O)c1c(C)[nH]c(C(=O)COC(=O)c2sccc2S(=O)(=O)N2CCSCC2)c1C. The molecule has 0 unspecified atom stereocenters. The van der Waals surface area contributed by atoms with E-state index < -0.39 is 28.4 Å². The third-order valence-electron chi connectivity index (χ3n) is 4.81. The van der Waals surface area contributed by atoms with Crippen molar-refractivity contribution in [2.45, 2.75) is 25.7 Å². The first kappa shape index (κ1) is 22.7. The highest BCUT2D eigenvalue weighted by Gasteiger charge is 2.32. The predicted octanol–water partition coefficient (Wildman–Crippen LogP) is 2.67. The molecule has 30 heavy (non-hydrogen) atoms. The molecule has 0 aromatic carbocycles. The molecule has 0 radical (unpaired) electrons. The Hall–Kier alpha value is -1.95. The average Bonchev–Trinajstić information content (AvgIpc) is 3.31. The van der Waals surface area contributed by atoms with Crippen LogP contribution in [-0.4, -0.2) is 66.4 Å². The van der Waals surface area contributed by atoms with Gasteiger partial charge < -0.3 is 9.72 Å². The summed E-state index contributed by atoms with van der Waals surface area (Å²) < 4.78 is 32.3. The average molecular weight is 471 g/mol. The first-order valence-corrected chi connectivity index (χ1v) is 12.7. The maximum atomic E-state index is 12.9. The lowest BCUT2D eigenvalue weighted by atomic mass is 10.1. The minimum Gasteiger partial charge on any atom is -0.453 e. The van der Waals surface area contributed by atoms with Gasteiger partial charge in [0.25, 0.3) is 0 Å². The lowest BCUT2D eigenvalue weighted by Crippen LogP contribution is -2.38. The Balaban J connectivity index is 1.74. The number of aromatic nitrogens is 1. The summed E-state index contributed by atoms with van der Waals surface area (Å²) in [5.41, 5.74) is 1.72. The minimum absolute atomic E-state index is 0.0511. The van der Waals surface area contributed by atoms with Crippen LogP contribution in [0.25, 0.3) is 0 Å². The molecule has 2 aromatic heterocycles. The molecule has 0 atom stereocenters. The number of ketones is 2. The summed E-state index contributed by atoms with van der Waals surface area (Å²) in [4.78, 5) is 39.5. The molecule has 162 valence electrons. The first-order valence-electron chi connectivity index (χ1n) is 9.20. The molecule has 0 amide bonds. The Morgan fingerprint density at radius 3 is 2.47 bits per heavy atom. The highest BCUT2D eigenvalue weighted by molar-refractivity contribution is 7.99. The number of nitrogens with one attached hydrogen (secondary N) is 1. The standard InChI is InChI=1S/C19H22N2O6S3/c1-11-16(13(3)22)12(2)20-17(11)14(23)10-27-19(24)18-15(4-7-29-18)30(25,26)21-5-8-28-9-6-21/h4,7,20H,5-6,8-10H2,1-3H3. The van der Waals surface area contributed by atoms with E-state index in [1.807, 2.05) is 0 Å². The van der Waals surface area contributed by atoms with Gasteiger partial charge in [0.05, 0.1) is 5.69 Å². The minimum atomic E-state index is -3.80. The number of esters is 1. The number of thioether (sulfide) groups is 1. The van der Waals surface area contributed by atoms with Crippen LogP contribution in [0.15, 0.2) is 16.3 Å². The summed E-state index contributed by atoms with van der Waals surface area (Å²) >= 11 is 2.64. The molecular weight excluding hydrogens is 448 g/mol. The van der Waals surface area contributed by atoms with Gasteiger partial charge >= 0.3 is 5.97 Å². The molecule has 11 heteroatoms. The molecule has 1 aliphatic heterocycles. The number of thiophene rings is 1. The summed E-state index contributed by atoms with van der Waals surface area (Å²) in [5.74, 6) is -0.118. The number of hydrogen-bond acceptors (Lipinski definition) is 8. The van der Waals surface area contributed by atoms with Crippen molar-refractivity contribution in [2.24, 2.45) is 0 Å². The van der Waals surface area contributed by atoms with E-state index in [0.29, 0.717) is 41.4 Å². The van der Waals surface area contributed by atoms with Crippen LogP contribution < -0.4 is 0 Å². The maximum absolute atomic E-state index is 12.9. The van der Waals surface area contributed by atoms with E-state index in [1.54, 1.807) is 25.6 Å². The van der Waals surface area contributed by atoms with Gasteiger partial charge in [0.2, 0.25) is 15.8 Å². The van der Waals surface area contributed by atoms with E-state index in [0.717, 1.165) is 11.3 Å². The molecule has 0 saturated carbocycles. The number of aryl methyl sites for hydroxylation is 1. The van der Waals surface area contributed by atoms with E-state index in [-0.39, 0.29) is 21.2 Å². The van der Waals surface area contributed by atoms with Crippen molar-refractivity contribution in [3.63, 3.8) is 0 Å². The highest BCUT2D eigenvalue weighted by atomic mass is 32.2. The van der Waals surface area contributed by atoms with Crippen molar-refractivity contribution < 1.29 is 27.5 Å². The van der Waals surface area contributed by atoms with E-state index in [1.165, 1.54) is 22.7 Å². The fourth-order valence-corrected chi connectivity index (χ4v) is 7.26. The monoisotopic (exact) mass is 470 g/mol. The smallest absolute Gasteiger partial charge is 0.350 e. The summed E-state index contributed by atoms with van der Waals surface area (Å²) in [6.45, 7) is 4.97. The summed E-state index contributed by atoms with van der Waals surface area (Å²) in [6.07, 6.45) is 0. The predicted molar refractivity (Wildman–Crippen MR) is 115 cm³/mol. The number of carbonyl (C=O) groups is 3. The van der Waals surface area contributed by atoms with Crippen molar-refractivity contribution in [3.05, 3.63) is 38.8 Å². The van der Waals surface area contributed by atoms with Crippen LogP contribution in [0.5, 0.6) is 0 Å². The third kappa shape index (κ3) is 4.39. The number of carbonyl (C=O) groups excluding carboxylic acids is 3. The van der Waals surface area contributed by atoms with Gasteiger partial charge in [-0.15, -0.1) is 11.3 Å². The molecule has 0 bridgehead atoms. The zero-order valence-electron chi connectivity index (χ0n) is 16.8. The normalized spacial score (nSPS) is 15.2. The number of rotatable bonds is 7. The molecule has 0 aliphatic carbocycles. The van der Waals surface area contributed by atoms with Crippen molar-refractivity contribution in [1.29, 1.82) is 0 Å². The van der Waals surface area contributed by atoms with Gasteiger partial charge in [0, 0.05) is 35.9 Å². The summed E-state index contributed by atoms with van der Waals surface area (Å²) in [5, 5.41) is 1.52. The molecule has 8 nitrogen and oxygen atoms in total. The second kappa shape index (κ2) is 9.04. The molecule has 3 heterocycles. The van der Waals surface area contributed by atoms with Crippen LogP contribution in [0.1, 0.15) is 48.7 Å². The highest BCUT2D eigenvalue weighted by Crippen LogP contribution is 2.28. The zero-order chi connectivity index (χ0) is 22.1. The van der Waals surface area contributed by atoms with Crippen LogP contribution in [0, 0.1) is 13.8 Å². The van der Waals surface area contributed by atoms with Crippen LogP contribution in [0.2, 0.25) is 0 Å². The van der Waals surface area contributed by atoms with Crippen molar-refractivity contribution >= 4 is 50.7 Å². The van der Waals surface area contributed by atoms with Gasteiger partial charge in [-0.2, -0.15) is 16.1 Å². The molecular formula is C19H22N2O6S3. The Morgan fingerprint density at radius 1 is 1.20 bits per heavy atom. The largest absolute Gasteiger partial charge is 0.453 e. The van der Waals surface area contributed by atoms with Crippen molar-refractivity contribution in [1.82, 2.24) is 9.29 Å². The topological polar surface area (TPSA) is 114 Å². The second-order valence-corrected chi connectivity index (χ2v) is 10.9. The van der Waals surface area contributed by atoms with Crippen LogP contribution >= 0.6 is 23.1 Å². The van der Waals surface area contributed by atoms with Gasteiger partial charge in [0.1, 0.15) is 9.77 Å². The summed E-state index contributed by atoms with van der Waals surface area (Å²) in [6, 6.07) is 1.39. The number of ether oxygens (including phenoxy) is 1. The van der Waals surface area contributed by atoms with Gasteiger partial charge in [-0.3, -0.25) is 9.59 Å².